The van der Waals surface area contributed by atoms with Crippen LogP contribution in [-0.4, -0.2) is 52.5 Å². The van der Waals surface area contributed by atoms with Crippen molar-refractivity contribution in [3.05, 3.63) is 35.4 Å². The Morgan fingerprint density at radius 3 is 2.37 bits per heavy atom. The highest BCUT2D eigenvalue weighted by Crippen LogP contribution is 2.29. The maximum absolute atomic E-state index is 12.5. The average molecular weight is 503 g/mol. The van der Waals surface area contributed by atoms with Gasteiger partial charge in [0, 0.05) is 33.4 Å². The van der Waals surface area contributed by atoms with Gasteiger partial charge in [-0.25, -0.2) is 0 Å². The molecule has 0 atom stereocenters. The third-order valence-corrected chi connectivity index (χ3v) is 3.48. The smallest absolute Gasteiger partial charge is 0.382 e. The van der Waals surface area contributed by atoms with Crippen LogP contribution in [-0.2, 0) is 22.1 Å². The number of ether oxygens (including phenoxy) is 2. The first kappa shape index (κ1) is 25.9. The summed E-state index contributed by atoms with van der Waals surface area (Å²) in [5, 5.41) is 6.32. The summed E-state index contributed by atoms with van der Waals surface area (Å²) in [4.78, 5) is 4.44. The molecule has 0 spiro atoms. The summed E-state index contributed by atoms with van der Waals surface area (Å²) in [6, 6.07) is 5.23. The molecule has 0 aliphatic heterocycles. The van der Waals surface area contributed by atoms with Crippen LogP contribution in [0.25, 0.3) is 0 Å². The topological polar surface area (TPSA) is 54.9 Å². The normalized spacial score (nSPS) is 11.8. The summed E-state index contributed by atoms with van der Waals surface area (Å²) in [6.45, 7) is 5.70. The van der Waals surface area contributed by atoms with Crippen LogP contribution in [0.15, 0.2) is 29.3 Å². The number of alkyl halides is 3. The lowest BCUT2D eigenvalue weighted by atomic mass is 10.1. The molecule has 0 amide bonds. The molecule has 1 aromatic carbocycles. The zero-order valence-corrected chi connectivity index (χ0v) is 18.1. The molecule has 0 heterocycles. The van der Waals surface area contributed by atoms with Crippen molar-refractivity contribution < 1.29 is 22.6 Å². The van der Waals surface area contributed by atoms with Gasteiger partial charge in [0.2, 0.25) is 0 Å². The Kier molecular flexibility index (Phi) is 14.3. The summed E-state index contributed by atoms with van der Waals surface area (Å²) in [6.07, 6.45) is -2.88. The molecule has 1 rings (SSSR count). The number of hydrogen-bond donors (Lipinski definition) is 2. The second-order valence-electron chi connectivity index (χ2n) is 5.59. The lowest BCUT2D eigenvalue weighted by molar-refractivity contribution is -0.137. The lowest BCUT2D eigenvalue weighted by Gasteiger charge is -2.12. The minimum absolute atomic E-state index is 0. The Bertz CT molecular complexity index is 526. The Labute approximate surface area is 176 Å². The number of nitrogens with one attached hydrogen (secondary N) is 2. The van der Waals surface area contributed by atoms with Crippen LogP contribution in [0.5, 0.6) is 0 Å². The SMILES string of the molecule is CCNC(=NCCCOCCOC)NCCc1ccc(C(F)(F)F)cc1.I. The third-order valence-electron chi connectivity index (χ3n) is 3.48. The average Bonchev–Trinajstić information content (AvgIpc) is 2.60. The van der Waals surface area contributed by atoms with Gasteiger partial charge in [-0.3, -0.25) is 4.99 Å². The van der Waals surface area contributed by atoms with E-state index >= 15 is 0 Å². The van der Waals surface area contributed by atoms with Crippen molar-refractivity contribution in [3.63, 3.8) is 0 Å². The predicted molar refractivity (Wildman–Crippen MR) is 112 cm³/mol. The highest BCUT2D eigenvalue weighted by Gasteiger charge is 2.29. The maximum Gasteiger partial charge on any atom is 0.416 e. The molecule has 0 bridgehead atoms. The molecular formula is C18H29F3IN3O2. The van der Waals surface area contributed by atoms with Gasteiger partial charge in [-0.2, -0.15) is 13.2 Å². The predicted octanol–water partition coefficient (Wildman–Crippen LogP) is 3.47. The minimum Gasteiger partial charge on any atom is -0.382 e. The Morgan fingerprint density at radius 1 is 1.07 bits per heavy atom. The second kappa shape index (κ2) is 14.9. The first-order valence-electron chi connectivity index (χ1n) is 8.72. The molecule has 5 nitrogen and oxygen atoms in total. The van der Waals surface area contributed by atoms with Crippen LogP contribution >= 0.6 is 24.0 Å². The Morgan fingerprint density at radius 2 is 1.78 bits per heavy atom. The van der Waals surface area contributed by atoms with Crippen LogP contribution in [0, 0.1) is 0 Å². The van der Waals surface area contributed by atoms with Crippen LogP contribution < -0.4 is 10.6 Å². The van der Waals surface area contributed by atoms with Gasteiger partial charge in [0.05, 0.1) is 18.8 Å². The summed E-state index contributed by atoms with van der Waals surface area (Å²) >= 11 is 0. The quantitative estimate of drug-likeness (QED) is 0.210. The van der Waals surface area contributed by atoms with E-state index in [2.05, 4.69) is 15.6 Å². The van der Waals surface area contributed by atoms with E-state index in [4.69, 9.17) is 9.47 Å². The molecule has 1 aromatic rings. The standard InChI is InChI=1S/C18H28F3N3O2.HI/c1-3-22-17(23-10-4-12-26-14-13-25-2)24-11-9-15-5-7-16(8-6-15)18(19,20)21;/h5-8H,3-4,9-14H2,1-2H3,(H2,22,23,24);1H. The van der Waals surface area contributed by atoms with Crippen LogP contribution in [0.4, 0.5) is 13.2 Å². The zero-order valence-electron chi connectivity index (χ0n) is 15.8. The molecule has 0 aromatic heterocycles. The zero-order chi connectivity index (χ0) is 19.3. The molecule has 156 valence electrons. The minimum atomic E-state index is -4.30. The highest BCUT2D eigenvalue weighted by molar-refractivity contribution is 14.0. The number of hydrogen-bond acceptors (Lipinski definition) is 3. The van der Waals surface area contributed by atoms with Gasteiger partial charge in [0.15, 0.2) is 5.96 Å². The van der Waals surface area contributed by atoms with E-state index in [1.165, 1.54) is 12.1 Å². The van der Waals surface area contributed by atoms with E-state index < -0.39 is 11.7 Å². The van der Waals surface area contributed by atoms with Crippen LogP contribution in [0.3, 0.4) is 0 Å². The molecule has 0 radical (unpaired) electrons. The molecule has 27 heavy (non-hydrogen) atoms. The Balaban J connectivity index is 0.00000676. The summed E-state index contributed by atoms with van der Waals surface area (Å²) in [5.74, 6) is 0.691. The van der Waals surface area contributed by atoms with Gasteiger partial charge < -0.3 is 20.1 Å². The fourth-order valence-corrected chi connectivity index (χ4v) is 2.13. The van der Waals surface area contributed by atoms with Gasteiger partial charge in [-0.15, -0.1) is 24.0 Å². The van der Waals surface area contributed by atoms with E-state index in [-0.39, 0.29) is 24.0 Å². The van der Waals surface area contributed by atoms with Crippen molar-refractivity contribution in [2.24, 2.45) is 4.99 Å². The van der Waals surface area contributed by atoms with Crippen molar-refractivity contribution >= 4 is 29.9 Å². The number of guanidine groups is 1. The second-order valence-corrected chi connectivity index (χ2v) is 5.59. The van der Waals surface area contributed by atoms with Crippen molar-refractivity contribution in [3.8, 4) is 0 Å². The molecule has 0 saturated carbocycles. The molecule has 0 aliphatic rings. The summed E-state index contributed by atoms with van der Waals surface area (Å²) in [7, 11) is 1.63. The first-order valence-corrected chi connectivity index (χ1v) is 8.72. The summed E-state index contributed by atoms with van der Waals surface area (Å²) < 4.78 is 47.9. The van der Waals surface area contributed by atoms with Gasteiger partial charge in [-0.1, -0.05) is 12.1 Å². The summed E-state index contributed by atoms with van der Waals surface area (Å²) in [5.41, 5.74) is 0.213. The van der Waals surface area contributed by atoms with E-state index in [9.17, 15) is 13.2 Å². The monoisotopic (exact) mass is 503 g/mol. The van der Waals surface area contributed by atoms with Gasteiger partial charge in [-0.05, 0) is 37.5 Å². The van der Waals surface area contributed by atoms with Gasteiger partial charge in [0.1, 0.15) is 0 Å². The molecular weight excluding hydrogens is 474 g/mol. The van der Waals surface area contributed by atoms with E-state index in [0.29, 0.717) is 45.3 Å². The molecule has 2 N–H and O–H groups in total. The molecule has 0 unspecified atom stereocenters. The van der Waals surface area contributed by atoms with Crippen LogP contribution in [0.2, 0.25) is 0 Å². The Hall–Kier alpha value is -1.07. The number of nitrogens with zero attached hydrogens (tertiary/aromatic N) is 1. The maximum atomic E-state index is 12.5. The first-order chi connectivity index (χ1) is 12.5. The molecule has 0 saturated heterocycles. The lowest BCUT2D eigenvalue weighted by Crippen LogP contribution is -2.38. The van der Waals surface area contributed by atoms with Crippen molar-refractivity contribution in [1.82, 2.24) is 10.6 Å². The van der Waals surface area contributed by atoms with Gasteiger partial charge >= 0.3 is 6.18 Å². The fourth-order valence-electron chi connectivity index (χ4n) is 2.13. The van der Waals surface area contributed by atoms with Gasteiger partial charge in [0.25, 0.3) is 0 Å². The van der Waals surface area contributed by atoms with Crippen molar-refractivity contribution in [2.45, 2.75) is 25.9 Å². The number of benzene rings is 1. The van der Waals surface area contributed by atoms with E-state index in [0.717, 1.165) is 30.7 Å². The largest absolute Gasteiger partial charge is 0.416 e. The number of rotatable bonds is 11. The molecule has 9 heteroatoms. The van der Waals surface area contributed by atoms with Crippen molar-refractivity contribution in [1.29, 1.82) is 0 Å². The van der Waals surface area contributed by atoms with Crippen LogP contribution in [0.1, 0.15) is 24.5 Å². The number of aliphatic imine (C=N–C) groups is 1. The fraction of sp³-hybridized carbons (Fsp3) is 0.611. The van der Waals surface area contributed by atoms with E-state index in [1.54, 1.807) is 7.11 Å². The molecule has 0 aliphatic carbocycles. The third kappa shape index (κ3) is 12.1. The number of methoxy groups -OCH3 is 1. The van der Waals surface area contributed by atoms with Crippen molar-refractivity contribution in [2.75, 3.05) is 46.6 Å². The number of halogens is 4. The highest BCUT2D eigenvalue weighted by atomic mass is 127. The molecule has 0 fully saturated rings. The van der Waals surface area contributed by atoms with E-state index in [1.807, 2.05) is 6.92 Å².